The van der Waals surface area contributed by atoms with E-state index in [9.17, 15) is 0 Å². The van der Waals surface area contributed by atoms with Gasteiger partial charge in [0.1, 0.15) is 6.23 Å². The van der Waals surface area contributed by atoms with E-state index in [2.05, 4.69) is 12.2 Å². The van der Waals surface area contributed by atoms with Crippen molar-refractivity contribution in [2.24, 2.45) is 0 Å². The fourth-order valence-corrected chi connectivity index (χ4v) is 1.04. The summed E-state index contributed by atoms with van der Waals surface area (Å²) >= 11 is 0. The maximum absolute atomic E-state index is 5.44. The molecule has 1 heterocycles. The van der Waals surface area contributed by atoms with E-state index in [0.717, 1.165) is 19.6 Å². The zero-order valence-electron chi connectivity index (χ0n) is 6.02. The number of ether oxygens (including phenoxy) is 1. The normalized spacial score (nSPS) is 29.7. The lowest BCUT2D eigenvalue weighted by atomic mass is 10.3. The Kier molecular flexibility index (Phi) is 3.01. The second kappa shape index (κ2) is 3.85. The molecule has 54 valence electrons. The van der Waals surface area contributed by atoms with E-state index < -0.39 is 0 Å². The second-order valence-corrected chi connectivity index (χ2v) is 2.43. The molecule has 1 rings (SSSR count). The minimum Gasteiger partial charge on any atom is -0.363 e. The quantitative estimate of drug-likeness (QED) is 0.573. The largest absolute Gasteiger partial charge is 0.363 e. The van der Waals surface area contributed by atoms with Crippen LogP contribution in [-0.2, 0) is 4.74 Å². The summed E-state index contributed by atoms with van der Waals surface area (Å²) in [5.74, 6) is 0. The Morgan fingerprint density at radius 1 is 1.56 bits per heavy atom. The molecule has 0 saturated carbocycles. The van der Waals surface area contributed by atoms with Crippen LogP contribution in [0, 0.1) is 0 Å². The summed E-state index contributed by atoms with van der Waals surface area (Å²) in [4.78, 5) is 0. The van der Waals surface area contributed by atoms with Gasteiger partial charge in [0, 0.05) is 6.61 Å². The third kappa shape index (κ3) is 2.33. The molecule has 1 atom stereocenters. The van der Waals surface area contributed by atoms with Gasteiger partial charge in [-0.15, -0.1) is 0 Å². The molecule has 1 fully saturated rings. The van der Waals surface area contributed by atoms with Gasteiger partial charge in [0.25, 0.3) is 0 Å². The van der Waals surface area contributed by atoms with E-state index in [4.69, 9.17) is 4.74 Å². The van der Waals surface area contributed by atoms with Gasteiger partial charge in [0.05, 0.1) is 0 Å². The number of hydrogen-bond donors (Lipinski definition) is 1. The minimum absolute atomic E-state index is 0.326. The predicted octanol–water partition coefficient (Wildman–Crippen LogP) is 1.12. The summed E-state index contributed by atoms with van der Waals surface area (Å²) in [5, 5.41) is 3.31. The Labute approximate surface area is 56.6 Å². The van der Waals surface area contributed by atoms with Gasteiger partial charge >= 0.3 is 0 Å². The van der Waals surface area contributed by atoms with Crippen molar-refractivity contribution in [3.63, 3.8) is 0 Å². The number of nitrogens with one attached hydrogen (secondary N) is 1. The SMILES string of the molecule is CCC1NCCCCO1. The summed E-state index contributed by atoms with van der Waals surface area (Å²) in [6.07, 6.45) is 3.88. The maximum atomic E-state index is 5.44. The Bertz CT molecular complexity index is 67.3. The lowest BCUT2D eigenvalue weighted by Crippen LogP contribution is -2.29. The van der Waals surface area contributed by atoms with Gasteiger partial charge in [-0.05, 0) is 25.8 Å². The van der Waals surface area contributed by atoms with Crippen LogP contribution in [0.4, 0.5) is 0 Å². The zero-order valence-corrected chi connectivity index (χ0v) is 6.02. The van der Waals surface area contributed by atoms with E-state index in [1.165, 1.54) is 12.8 Å². The first kappa shape index (κ1) is 7.03. The van der Waals surface area contributed by atoms with Crippen molar-refractivity contribution in [3.05, 3.63) is 0 Å². The van der Waals surface area contributed by atoms with E-state index in [-0.39, 0.29) is 0 Å². The van der Waals surface area contributed by atoms with E-state index in [1.54, 1.807) is 0 Å². The lowest BCUT2D eigenvalue weighted by Gasteiger charge is -2.12. The van der Waals surface area contributed by atoms with Gasteiger partial charge in [-0.1, -0.05) is 6.92 Å². The molecule has 0 amide bonds. The fraction of sp³-hybridized carbons (Fsp3) is 1.00. The third-order valence-electron chi connectivity index (χ3n) is 1.63. The molecular formula is C7H15NO. The third-order valence-corrected chi connectivity index (χ3v) is 1.63. The summed E-state index contributed by atoms with van der Waals surface area (Å²) in [6, 6.07) is 0. The Morgan fingerprint density at radius 2 is 2.44 bits per heavy atom. The van der Waals surface area contributed by atoms with Gasteiger partial charge in [0.2, 0.25) is 0 Å². The predicted molar refractivity (Wildman–Crippen MR) is 37.3 cm³/mol. The highest BCUT2D eigenvalue weighted by atomic mass is 16.5. The minimum atomic E-state index is 0.326. The van der Waals surface area contributed by atoms with E-state index >= 15 is 0 Å². The molecule has 0 aliphatic carbocycles. The molecule has 0 radical (unpaired) electrons. The van der Waals surface area contributed by atoms with Crippen LogP contribution >= 0.6 is 0 Å². The highest BCUT2D eigenvalue weighted by Crippen LogP contribution is 2.01. The van der Waals surface area contributed by atoms with Crippen LogP contribution in [-0.4, -0.2) is 19.4 Å². The molecule has 9 heavy (non-hydrogen) atoms. The molecule has 1 unspecified atom stereocenters. The molecule has 0 aromatic carbocycles. The molecule has 2 nitrogen and oxygen atoms in total. The summed E-state index contributed by atoms with van der Waals surface area (Å²) in [5.41, 5.74) is 0. The molecule has 1 N–H and O–H groups in total. The topological polar surface area (TPSA) is 21.3 Å². The van der Waals surface area contributed by atoms with Crippen molar-refractivity contribution in [2.75, 3.05) is 13.2 Å². The van der Waals surface area contributed by atoms with Gasteiger partial charge < -0.3 is 4.74 Å². The lowest BCUT2D eigenvalue weighted by molar-refractivity contribution is 0.0406. The van der Waals surface area contributed by atoms with Crippen LogP contribution in [0.1, 0.15) is 26.2 Å². The highest BCUT2D eigenvalue weighted by molar-refractivity contribution is 4.57. The van der Waals surface area contributed by atoms with Crippen LogP contribution in [0.2, 0.25) is 0 Å². The van der Waals surface area contributed by atoms with Crippen molar-refractivity contribution in [3.8, 4) is 0 Å². The van der Waals surface area contributed by atoms with Crippen LogP contribution in [0.25, 0.3) is 0 Å². The molecule has 1 aliphatic heterocycles. The first-order chi connectivity index (χ1) is 4.43. The van der Waals surface area contributed by atoms with Crippen molar-refractivity contribution in [2.45, 2.75) is 32.4 Å². The first-order valence-corrected chi connectivity index (χ1v) is 3.78. The Balaban J connectivity index is 2.18. The van der Waals surface area contributed by atoms with Crippen molar-refractivity contribution < 1.29 is 4.74 Å². The monoisotopic (exact) mass is 129 g/mol. The Morgan fingerprint density at radius 3 is 3.22 bits per heavy atom. The molecule has 0 spiro atoms. The van der Waals surface area contributed by atoms with Gasteiger partial charge in [0.15, 0.2) is 0 Å². The van der Waals surface area contributed by atoms with Gasteiger partial charge in [-0.3, -0.25) is 5.32 Å². The maximum Gasteiger partial charge on any atom is 0.107 e. The summed E-state index contributed by atoms with van der Waals surface area (Å²) in [6.45, 7) is 4.20. The van der Waals surface area contributed by atoms with Crippen LogP contribution in [0.15, 0.2) is 0 Å². The van der Waals surface area contributed by atoms with Crippen LogP contribution in [0.5, 0.6) is 0 Å². The average molecular weight is 129 g/mol. The van der Waals surface area contributed by atoms with E-state index in [0.29, 0.717) is 6.23 Å². The van der Waals surface area contributed by atoms with Crippen molar-refractivity contribution >= 4 is 0 Å². The molecule has 1 saturated heterocycles. The van der Waals surface area contributed by atoms with Crippen molar-refractivity contribution in [1.82, 2.24) is 5.32 Å². The van der Waals surface area contributed by atoms with E-state index in [1.807, 2.05) is 0 Å². The molecule has 0 bridgehead atoms. The summed E-state index contributed by atoms with van der Waals surface area (Å²) < 4.78 is 5.44. The number of rotatable bonds is 1. The van der Waals surface area contributed by atoms with Crippen LogP contribution < -0.4 is 5.32 Å². The standard InChI is InChI=1S/C7H15NO/c1-2-7-8-5-3-4-6-9-7/h7-8H,2-6H2,1H3. The van der Waals surface area contributed by atoms with Gasteiger partial charge in [-0.2, -0.15) is 0 Å². The zero-order chi connectivity index (χ0) is 6.53. The fourth-order valence-electron chi connectivity index (χ4n) is 1.04. The van der Waals surface area contributed by atoms with Crippen molar-refractivity contribution in [1.29, 1.82) is 0 Å². The summed E-state index contributed by atoms with van der Waals surface area (Å²) in [7, 11) is 0. The molecule has 2 heteroatoms. The Hall–Kier alpha value is -0.0800. The number of hydrogen-bond acceptors (Lipinski definition) is 2. The second-order valence-electron chi connectivity index (χ2n) is 2.43. The van der Waals surface area contributed by atoms with Crippen LogP contribution in [0.3, 0.4) is 0 Å². The molecular weight excluding hydrogens is 114 g/mol. The molecule has 1 aliphatic rings. The molecule has 0 aromatic heterocycles. The molecule has 0 aromatic rings. The highest BCUT2D eigenvalue weighted by Gasteiger charge is 2.07. The smallest absolute Gasteiger partial charge is 0.107 e. The average Bonchev–Trinajstić information content (AvgIpc) is 2.13. The van der Waals surface area contributed by atoms with Gasteiger partial charge in [-0.25, -0.2) is 0 Å². The first-order valence-electron chi connectivity index (χ1n) is 3.78.